The van der Waals surface area contributed by atoms with Crippen LogP contribution in [0, 0.1) is 0 Å². The third-order valence-corrected chi connectivity index (χ3v) is 10.3. The molecule has 1 aliphatic heterocycles. The summed E-state index contributed by atoms with van der Waals surface area (Å²) in [5.41, 5.74) is 2.59. The van der Waals surface area contributed by atoms with Crippen molar-refractivity contribution in [3.63, 3.8) is 0 Å². The molecule has 0 spiro atoms. The number of carbonyl (C=O) groups excluding carboxylic acids is 1. The Hall–Kier alpha value is -3.19. The van der Waals surface area contributed by atoms with Gasteiger partial charge in [-0.1, -0.05) is 73.6 Å². The van der Waals surface area contributed by atoms with E-state index in [0.717, 1.165) is 61.3 Å². The van der Waals surface area contributed by atoms with Gasteiger partial charge in [0.2, 0.25) is 5.91 Å². The largest absolute Gasteiger partial charge is 0.416 e. The molecule has 1 saturated heterocycles. The lowest BCUT2D eigenvalue weighted by Gasteiger charge is -2.38. The zero-order chi connectivity index (χ0) is 32.8. The average molecular weight is 690 g/mol. The van der Waals surface area contributed by atoms with Crippen LogP contribution in [0.1, 0.15) is 49.1 Å². The lowest BCUT2D eigenvalue weighted by molar-refractivity contribution is -0.138. The minimum absolute atomic E-state index is 0.0203. The van der Waals surface area contributed by atoms with Crippen LogP contribution in [0.25, 0.3) is 11.1 Å². The van der Waals surface area contributed by atoms with Gasteiger partial charge in [-0.05, 0) is 71.6 Å². The van der Waals surface area contributed by atoms with Crippen LogP contribution in [-0.4, -0.2) is 56.1 Å². The summed E-state index contributed by atoms with van der Waals surface area (Å²) in [6.07, 6.45) is -2.32. The maximum Gasteiger partial charge on any atom is 0.416 e. The molecular formula is C33H35ClF3N5O2S2. The number of halogens is 4. The minimum atomic E-state index is -4.39. The fraction of sp³-hybridized carbons (Fsp3) is 0.394. The van der Waals surface area contributed by atoms with E-state index in [4.69, 9.17) is 11.6 Å². The van der Waals surface area contributed by atoms with Crippen molar-refractivity contribution >= 4 is 40.6 Å². The Morgan fingerprint density at radius 1 is 1.04 bits per heavy atom. The van der Waals surface area contributed by atoms with Crippen LogP contribution in [0.3, 0.4) is 0 Å². The van der Waals surface area contributed by atoms with Crippen LogP contribution in [-0.2, 0) is 36.2 Å². The van der Waals surface area contributed by atoms with Gasteiger partial charge in [-0.25, -0.2) is 4.68 Å². The molecular weight excluding hydrogens is 655 g/mol. The third-order valence-electron chi connectivity index (χ3n) is 8.13. The van der Waals surface area contributed by atoms with Gasteiger partial charge in [-0.3, -0.25) is 9.59 Å². The van der Waals surface area contributed by atoms with Crippen LogP contribution in [0.2, 0.25) is 4.34 Å². The molecule has 7 nitrogen and oxygen atoms in total. The maximum absolute atomic E-state index is 14.1. The Kier molecular flexibility index (Phi) is 11.2. The monoisotopic (exact) mass is 689 g/mol. The van der Waals surface area contributed by atoms with Crippen LogP contribution < -0.4 is 5.56 Å². The number of hydrogen-bond acceptors (Lipinski definition) is 7. The number of rotatable bonds is 11. The molecule has 0 radical (unpaired) electrons. The molecule has 0 bridgehead atoms. The molecule has 244 valence electrons. The lowest BCUT2D eigenvalue weighted by atomic mass is 10.00. The fourth-order valence-electron chi connectivity index (χ4n) is 5.48. The van der Waals surface area contributed by atoms with Gasteiger partial charge in [-0.15, -0.1) is 11.3 Å². The molecule has 1 amide bonds. The molecule has 5 rings (SSSR count). The van der Waals surface area contributed by atoms with Gasteiger partial charge in [-0.2, -0.15) is 23.3 Å². The summed E-state index contributed by atoms with van der Waals surface area (Å²) >= 11 is 8.87. The number of aryl methyl sites for hydroxylation is 1. The van der Waals surface area contributed by atoms with Crippen molar-refractivity contribution in [1.82, 2.24) is 24.6 Å². The van der Waals surface area contributed by atoms with Crippen LogP contribution in [0.4, 0.5) is 13.2 Å². The minimum Gasteiger partial charge on any atom is -0.334 e. The third kappa shape index (κ3) is 8.58. The quantitative estimate of drug-likeness (QED) is 0.153. The normalized spacial score (nSPS) is 14.5. The lowest BCUT2D eigenvalue weighted by Crippen LogP contribution is -2.48. The second-order valence-electron chi connectivity index (χ2n) is 11.2. The van der Waals surface area contributed by atoms with Gasteiger partial charge in [0.15, 0.2) is 5.16 Å². The molecule has 0 saturated carbocycles. The Labute approximate surface area is 279 Å². The summed E-state index contributed by atoms with van der Waals surface area (Å²) in [5, 5.41) is 6.87. The SMILES string of the molecule is CCc1nn(CC(=O)N(Cc2ccc(-c3ccc(C(F)(F)F)cc3)cc2)C2CCN(CC)CC2)c(SCc2csc(Cl)c2)nc1=O. The summed E-state index contributed by atoms with van der Waals surface area (Å²) < 4.78 is 41.3. The van der Waals surface area contributed by atoms with Crippen LogP contribution in [0.5, 0.6) is 0 Å². The number of alkyl halides is 3. The number of aromatic nitrogens is 3. The van der Waals surface area contributed by atoms with Gasteiger partial charge >= 0.3 is 6.18 Å². The summed E-state index contributed by atoms with van der Waals surface area (Å²) in [5.74, 6) is 0.406. The molecule has 1 aliphatic rings. The second-order valence-corrected chi connectivity index (χ2v) is 13.6. The van der Waals surface area contributed by atoms with E-state index in [1.807, 2.05) is 47.5 Å². The van der Waals surface area contributed by atoms with Gasteiger partial charge in [0.1, 0.15) is 12.2 Å². The van der Waals surface area contributed by atoms with E-state index in [0.29, 0.717) is 39.5 Å². The summed E-state index contributed by atoms with van der Waals surface area (Å²) in [4.78, 5) is 35.3. The first-order valence-corrected chi connectivity index (χ1v) is 17.4. The van der Waals surface area contributed by atoms with Gasteiger partial charge in [0.05, 0.1) is 9.90 Å². The average Bonchev–Trinajstić information content (AvgIpc) is 3.48. The first-order valence-electron chi connectivity index (χ1n) is 15.2. The van der Waals surface area contributed by atoms with E-state index in [1.165, 1.54) is 35.2 Å². The highest BCUT2D eigenvalue weighted by atomic mass is 35.5. The van der Waals surface area contributed by atoms with Gasteiger partial charge < -0.3 is 9.80 Å². The molecule has 13 heteroatoms. The van der Waals surface area contributed by atoms with E-state index in [1.54, 1.807) is 4.68 Å². The summed E-state index contributed by atoms with van der Waals surface area (Å²) in [6.45, 7) is 7.00. The number of likely N-dealkylation sites (tertiary alicyclic amines) is 1. The smallest absolute Gasteiger partial charge is 0.334 e. The Morgan fingerprint density at radius 3 is 2.26 bits per heavy atom. The molecule has 1 fully saturated rings. The number of thioether (sulfide) groups is 1. The maximum atomic E-state index is 14.1. The number of benzene rings is 2. The highest BCUT2D eigenvalue weighted by molar-refractivity contribution is 7.98. The molecule has 0 N–H and O–H groups in total. The van der Waals surface area contributed by atoms with Gasteiger partial charge in [0, 0.05) is 31.4 Å². The predicted molar refractivity (Wildman–Crippen MR) is 177 cm³/mol. The van der Waals surface area contributed by atoms with Crippen LogP contribution in [0.15, 0.2) is 69.9 Å². The van der Waals surface area contributed by atoms with Crippen molar-refractivity contribution in [3.8, 4) is 11.1 Å². The van der Waals surface area contributed by atoms with Crippen molar-refractivity contribution in [2.75, 3.05) is 19.6 Å². The molecule has 0 aliphatic carbocycles. The number of thiophene rings is 1. The Bertz CT molecular complexity index is 1690. The molecule has 0 atom stereocenters. The van der Waals surface area contributed by atoms with E-state index in [2.05, 4.69) is 21.9 Å². The van der Waals surface area contributed by atoms with Crippen LogP contribution >= 0.6 is 34.7 Å². The topological polar surface area (TPSA) is 71.3 Å². The fourth-order valence-corrected chi connectivity index (χ4v) is 7.36. The van der Waals surface area contributed by atoms with Crippen molar-refractivity contribution in [3.05, 3.63) is 97.1 Å². The number of amides is 1. The predicted octanol–water partition coefficient (Wildman–Crippen LogP) is 7.41. The second kappa shape index (κ2) is 15.1. The Balaban J connectivity index is 1.37. The standard InChI is InChI=1S/C33H35ClF3N5O2S2/c1-3-28-31(44)38-32(46-21-23-17-29(34)45-20-23)42(39-28)19-30(43)41(27-13-15-40(4-2)16-14-27)18-22-5-7-24(8-6-22)25-9-11-26(12-10-25)33(35,36)37/h5-12,17,20,27H,3-4,13-16,18-19,21H2,1-2H3. The molecule has 2 aromatic heterocycles. The Morgan fingerprint density at radius 2 is 1.70 bits per heavy atom. The van der Waals surface area contributed by atoms with E-state index < -0.39 is 17.3 Å². The van der Waals surface area contributed by atoms with E-state index in [-0.39, 0.29) is 18.5 Å². The molecule has 46 heavy (non-hydrogen) atoms. The van der Waals surface area contributed by atoms with E-state index in [9.17, 15) is 22.8 Å². The van der Waals surface area contributed by atoms with Crippen molar-refractivity contribution in [1.29, 1.82) is 0 Å². The zero-order valence-corrected chi connectivity index (χ0v) is 28.0. The first kappa shape index (κ1) is 34.2. The number of hydrogen-bond donors (Lipinski definition) is 0. The molecule has 0 unspecified atom stereocenters. The highest BCUT2D eigenvalue weighted by Crippen LogP contribution is 2.31. The van der Waals surface area contributed by atoms with Crippen molar-refractivity contribution < 1.29 is 18.0 Å². The van der Waals surface area contributed by atoms with E-state index >= 15 is 0 Å². The van der Waals surface area contributed by atoms with Gasteiger partial charge in [0.25, 0.3) is 5.56 Å². The zero-order valence-electron chi connectivity index (χ0n) is 25.6. The molecule has 2 aromatic carbocycles. The molecule has 3 heterocycles. The first-order chi connectivity index (χ1) is 22.0. The molecule has 4 aromatic rings. The van der Waals surface area contributed by atoms with Crippen molar-refractivity contribution in [2.24, 2.45) is 0 Å². The number of carbonyl (C=O) groups is 1. The van der Waals surface area contributed by atoms with Crippen molar-refractivity contribution in [2.45, 2.75) is 69.3 Å². The summed E-state index contributed by atoms with van der Waals surface area (Å²) in [7, 11) is 0. The summed E-state index contributed by atoms with van der Waals surface area (Å²) in [6, 6.07) is 14.5. The number of piperidine rings is 1. The highest BCUT2D eigenvalue weighted by Gasteiger charge is 2.30. The number of nitrogens with zero attached hydrogens (tertiary/aromatic N) is 5.